The number of ether oxygens (including phenoxy) is 1. The Balaban J connectivity index is 0.981. The molecule has 3 saturated heterocycles. The van der Waals surface area contributed by atoms with Crippen LogP contribution in [0.15, 0.2) is 71.9 Å². The van der Waals surface area contributed by atoms with Crippen LogP contribution in [0.25, 0.3) is 0 Å². The van der Waals surface area contributed by atoms with Crippen molar-refractivity contribution in [3.05, 3.63) is 90.0 Å². The third-order valence-corrected chi connectivity index (χ3v) is 14.9. The number of methoxy groups -OCH3 is 1. The van der Waals surface area contributed by atoms with Gasteiger partial charge in [-0.25, -0.2) is 27.0 Å². The summed E-state index contributed by atoms with van der Waals surface area (Å²) in [5.74, 6) is 0.329. The van der Waals surface area contributed by atoms with Gasteiger partial charge in [-0.15, -0.1) is 0 Å². The van der Waals surface area contributed by atoms with Crippen LogP contribution in [0.3, 0.4) is 0 Å². The van der Waals surface area contributed by atoms with Crippen molar-refractivity contribution in [3.8, 4) is 0 Å². The van der Waals surface area contributed by atoms with E-state index in [1.54, 1.807) is 44.6 Å². The molecule has 0 spiro atoms. The Bertz CT molecular complexity index is 2060. The lowest BCUT2D eigenvalue weighted by atomic mass is 9.64. The first-order valence-electron chi connectivity index (χ1n) is 20.0. The summed E-state index contributed by atoms with van der Waals surface area (Å²) in [5.41, 5.74) is 0.652. The number of likely N-dealkylation sites (N-methyl/N-ethyl adjacent to an activating group) is 1. The molecule has 308 valence electrons. The van der Waals surface area contributed by atoms with Crippen molar-refractivity contribution >= 4 is 27.5 Å². The van der Waals surface area contributed by atoms with Crippen LogP contribution in [0.5, 0.6) is 0 Å². The standard InChI is InChI=1S/C42H55F2N7O5S/c1-29-45-17-21-51(29)42(32-8-5-9-33(43)22-32,36-10-6-11-38(36)46-41(53)56-4)31-15-19-48(20-16-31)24-30-25-50(26-30)39-14-13-34(23-37(39)44)57(54,55)35-27-49(28-35)18-7-12-40(52)47(2)3/h5,7-9,12-14,17,21-23,30-31,35-36,38H,6,10-11,15-16,18-20,24-28H2,1-4H3,(H,46,53)/b12-7+/t36-,38-,42?/m0/s1. The van der Waals surface area contributed by atoms with Gasteiger partial charge in [0.05, 0.1) is 28.5 Å². The molecule has 57 heavy (non-hydrogen) atoms. The molecule has 1 unspecified atom stereocenters. The zero-order valence-electron chi connectivity index (χ0n) is 33.3. The molecule has 2 amide bonds. The van der Waals surface area contributed by atoms with Gasteiger partial charge in [0, 0.05) is 89.7 Å². The Morgan fingerprint density at radius 3 is 2.42 bits per heavy atom. The average Bonchev–Trinajstić information content (AvgIpc) is 3.80. The highest BCUT2D eigenvalue weighted by atomic mass is 32.2. The van der Waals surface area contributed by atoms with Crippen LogP contribution in [0.2, 0.25) is 0 Å². The third-order valence-electron chi connectivity index (χ3n) is 12.8. The summed E-state index contributed by atoms with van der Waals surface area (Å²) in [5, 5.41) is 2.51. The summed E-state index contributed by atoms with van der Waals surface area (Å²) < 4.78 is 64.4. The molecule has 1 aromatic heterocycles. The van der Waals surface area contributed by atoms with Gasteiger partial charge in [0.2, 0.25) is 5.91 Å². The lowest BCUT2D eigenvalue weighted by Gasteiger charge is -2.52. The normalized spacial score (nSPS) is 22.6. The number of hydrogen-bond acceptors (Lipinski definition) is 9. The number of sulfone groups is 1. The Morgan fingerprint density at radius 2 is 1.77 bits per heavy atom. The summed E-state index contributed by atoms with van der Waals surface area (Å²) in [6.07, 6.45) is 10.9. The Morgan fingerprint density at radius 1 is 1.02 bits per heavy atom. The van der Waals surface area contributed by atoms with Crippen LogP contribution in [0.4, 0.5) is 19.3 Å². The third kappa shape index (κ3) is 8.20. The molecular formula is C42H55F2N7O5S. The first-order chi connectivity index (χ1) is 27.3. The van der Waals surface area contributed by atoms with Gasteiger partial charge < -0.3 is 29.3 Å². The number of likely N-dealkylation sites (tertiary alicyclic amines) is 2. The molecule has 1 aliphatic carbocycles. The van der Waals surface area contributed by atoms with Gasteiger partial charge in [0.25, 0.3) is 0 Å². The predicted molar refractivity (Wildman–Crippen MR) is 214 cm³/mol. The minimum atomic E-state index is -3.69. The van der Waals surface area contributed by atoms with Crippen LogP contribution < -0.4 is 10.2 Å². The highest BCUT2D eigenvalue weighted by Gasteiger charge is 2.54. The van der Waals surface area contributed by atoms with Crippen molar-refractivity contribution in [2.24, 2.45) is 17.8 Å². The van der Waals surface area contributed by atoms with E-state index in [1.807, 2.05) is 29.0 Å². The van der Waals surface area contributed by atoms with Crippen LogP contribution in [-0.2, 0) is 24.9 Å². The molecule has 15 heteroatoms. The number of anilines is 1. The zero-order chi connectivity index (χ0) is 40.5. The number of halogens is 2. The van der Waals surface area contributed by atoms with Gasteiger partial charge >= 0.3 is 6.09 Å². The highest BCUT2D eigenvalue weighted by molar-refractivity contribution is 7.92. The highest BCUT2D eigenvalue weighted by Crippen LogP contribution is 2.52. The quantitative estimate of drug-likeness (QED) is 0.246. The van der Waals surface area contributed by atoms with Crippen LogP contribution in [-0.4, -0.2) is 130 Å². The van der Waals surface area contributed by atoms with E-state index in [0.29, 0.717) is 44.3 Å². The van der Waals surface area contributed by atoms with Crippen molar-refractivity contribution < 1.29 is 31.5 Å². The minimum Gasteiger partial charge on any atom is -0.453 e. The van der Waals surface area contributed by atoms with Gasteiger partial charge in [0.1, 0.15) is 17.5 Å². The molecule has 3 aromatic rings. The summed E-state index contributed by atoms with van der Waals surface area (Å²) in [6.45, 7) is 7.03. The van der Waals surface area contributed by atoms with Crippen molar-refractivity contribution in [2.75, 3.05) is 78.5 Å². The van der Waals surface area contributed by atoms with Gasteiger partial charge in [-0.3, -0.25) is 9.69 Å². The lowest BCUT2D eigenvalue weighted by molar-refractivity contribution is -0.123. The van der Waals surface area contributed by atoms with E-state index >= 15 is 8.78 Å². The second-order valence-electron chi connectivity index (χ2n) is 16.4. The fraction of sp³-hybridized carbons (Fsp3) is 0.548. The largest absolute Gasteiger partial charge is 0.453 e. The van der Waals surface area contributed by atoms with Crippen molar-refractivity contribution in [2.45, 2.75) is 60.8 Å². The number of aryl methyl sites for hydroxylation is 1. The van der Waals surface area contributed by atoms with Gasteiger partial charge in [-0.1, -0.05) is 24.6 Å². The van der Waals surface area contributed by atoms with Crippen molar-refractivity contribution in [1.82, 2.24) is 29.6 Å². The van der Waals surface area contributed by atoms with Crippen LogP contribution in [0.1, 0.15) is 43.5 Å². The number of hydrogen-bond donors (Lipinski definition) is 1. The maximum absolute atomic E-state index is 15.5. The number of carbonyl (C=O) groups is 2. The number of benzene rings is 2. The van der Waals surface area contributed by atoms with E-state index < -0.39 is 32.5 Å². The number of nitrogens with one attached hydrogen (secondary N) is 1. The van der Waals surface area contributed by atoms with Gasteiger partial charge in [0.15, 0.2) is 9.84 Å². The Kier molecular flexibility index (Phi) is 12.1. The fourth-order valence-corrected chi connectivity index (χ4v) is 11.6. The first-order valence-corrected chi connectivity index (χ1v) is 21.6. The summed E-state index contributed by atoms with van der Waals surface area (Å²) in [6, 6.07) is 11.0. The number of piperidine rings is 1. The van der Waals surface area contributed by atoms with Gasteiger partial charge in [-0.05, 0) is 87.5 Å². The van der Waals surface area contributed by atoms with E-state index in [0.717, 1.165) is 69.2 Å². The molecule has 4 aliphatic rings. The number of imidazole rings is 1. The smallest absolute Gasteiger partial charge is 0.407 e. The lowest BCUT2D eigenvalue weighted by Crippen LogP contribution is -2.58. The summed E-state index contributed by atoms with van der Waals surface area (Å²) >= 11 is 0. The SMILES string of the molecule is COC(=O)N[C@H]1CCC[C@@H]1C(c1cccc(F)c1)(C1CCN(CC2CN(c3ccc(S(=O)(=O)C4CN(C/C=C/C(=O)N(C)C)C4)cc3F)C2)CC1)n1ccnc1C. The molecule has 12 nitrogen and oxygen atoms in total. The maximum atomic E-state index is 15.5. The van der Waals surface area contributed by atoms with Crippen molar-refractivity contribution in [1.29, 1.82) is 0 Å². The molecule has 0 bridgehead atoms. The van der Waals surface area contributed by atoms with E-state index in [9.17, 15) is 18.0 Å². The number of nitrogens with zero attached hydrogens (tertiary/aromatic N) is 6. The molecule has 4 fully saturated rings. The molecule has 4 heterocycles. The molecule has 3 atom stereocenters. The second kappa shape index (κ2) is 16.9. The summed E-state index contributed by atoms with van der Waals surface area (Å²) in [7, 11) is 1.02. The predicted octanol–water partition coefficient (Wildman–Crippen LogP) is 4.69. The molecule has 3 aliphatic heterocycles. The Labute approximate surface area is 334 Å². The average molecular weight is 808 g/mol. The summed E-state index contributed by atoms with van der Waals surface area (Å²) in [4.78, 5) is 36.8. The van der Waals surface area contributed by atoms with E-state index in [-0.39, 0.29) is 34.5 Å². The molecule has 1 N–H and O–H groups in total. The molecule has 0 radical (unpaired) electrons. The number of rotatable bonds is 13. The monoisotopic (exact) mass is 807 g/mol. The van der Waals surface area contributed by atoms with E-state index in [4.69, 9.17) is 4.74 Å². The fourth-order valence-electron chi connectivity index (χ4n) is 9.88. The van der Waals surface area contributed by atoms with E-state index in [2.05, 4.69) is 19.8 Å². The molecule has 1 saturated carbocycles. The topological polar surface area (TPSA) is 120 Å². The number of alkyl carbamates (subject to hydrolysis) is 1. The van der Waals surface area contributed by atoms with E-state index in [1.165, 1.54) is 30.2 Å². The maximum Gasteiger partial charge on any atom is 0.407 e. The van der Waals surface area contributed by atoms with Crippen molar-refractivity contribution in [3.63, 3.8) is 0 Å². The van der Waals surface area contributed by atoms with Gasteiger partial charge in [-0.2, -0.15) is 0 Å². The molecule has 7 rings (SSSR count). The first kappa shape index (κ1) is 40.8. The minimum absolute atomic E-state index is 0.00289. The number of aromatic nitrogens is 2. The zero-order valence-corrected chi connectivity index (χ0v) is 34.1. The second-order valence-corrected chi connectivity index (χ2v) is 18.7. The van der Waals surface area contributed by atoms with Crippen LogP contribution >= 0.6 is 0 Å². The van der Waals surface area contributed by atoms with Crippen LogP contribution in [0, 0.1) is 36.3 Å². The Hall–Kier alpha value is -4.34. The molecule has 2 aromatic carbocycles. The molecular weight excluding hydrogens is 753 g/mol. The number of carbonyl (C=O) groups excluding carboxylic acids is 2. The number of amides is 2.